The molecule has 0 aromatic heterocycles. The Morgan fingerprint density at radius 2 is 1.86 bits per heavy atom. The summed E-state index contributed by atoms with van der Waals surface area (Å²) in [6, 6.07) is 0. The molecule has 2 heteroatoms. The van der Waals surface area contributed by atoms with Crippen molar-refractivity contribution in [2.24, 2.45) is 34.0 Å². The molecule has 0 bridgehead atoms. The number of carbonyl (C=O) groups is 1. The average Bonchev–Trinajstić information content (AvgIpc) is 2.46. The summed E-state index contributed by atoms with van der Waals surface area (Å²) in [5.74, 6) is 1.29. The first-order valence-corrected chi connectivity index (χ1v) is 9.12. The third kappa shape index (κ3) is 2.17. The third-order valence-electron chi connectivity index (χ3n) is 7.96. The van der Waals surface area contributed by atoms with Crippen LogP contribution < -0.4 is 0 Å². The first-order valence-electron chi connectivity index (χ1n) is 9.12. The maximum atomic E-state index is 12.0. The lowest BCUT2D eigenvalue weighted by atomic mass is 9.43. The van der Waals surface area contributed by atoms with Crippen LogP contribution in [0.3, 0.4) is 0 Å². The second-order valence-corrected chi connectivity index (χ2v) is 9.18. The zero-order valence-corrected chi connectivity index (χ0v) is 14.5. The molecule has 0 spiro atoms. The van der Waals surface area contributed by atoms with E-state index >= 15 is 0 Å². The van der Waals surface area contributed by atoms with E-state index in [1.807, 2.05) is 6.92 Å². The summed E-state index contributed by atoms with van der Waals surface area (Å²) in [5.41, 5.74) is 0.0308. The summed E-state index contributed by atoms with van der Waals surface area (Å²) < 4.78 is 0. The minimum absolute atomic E-state index is 0.233. The van der Waals surface area contributed by atoms with E-state index in [2.05, 4.69) is 26.5 Å². The largest absolute Gasteiger partial charge is 0.481 e. The van der Waals surface area contributed by atoms with Gasteiger partial charge in [0.05, 0.1) is 5.41 Å². The second kappa shape index (κ2) is 5.11. The molecule has 3 unspecified atom stereocenters. The minimum atomic E-state index is -0.561. The Kier molecular flexibility index (Phi) is 3.73. The molecule has 3 aliphatic rings. The maximum Gasteiger partial charge on any atom is 0.309 e. The predicted octanol–water partition coefficient (Wildman–Crippen LogP) is 5.29. The predicted molar refractivity (Wildman–Crippen MR) is 89.6 cm³/mol. The van der Waals surface area contributed by atoms with Crippen molar-refractivity contribution in [2.75, 3.05) is 0 Å². The van der Waals surface area contributed by atoms with E-state index < -0.39 is 11.4 Å². The summed E-state index contributed by atoms with van der Waals surface area (Å²) in [4.78, 5) is 12.0. The van der Waals surface area contributed by atoms with Gasteiger partial charge in [-0.25, -0.2) is 0 Å². The minimum Gasteiger partial charge on any atom is -0.481 e. The van der Waals surface area contributed by atoms with E-state index in [9.17, 15) is 9.90 Å². The van der Waals surface area contributed by atoms with Crippen LogP contribution in [-0.4, -0.2) is 11.1 Å². The Labute approximate surface area is 135 Å². The zero-order valence-electron chi connectivity index (χ0n) is 14.5. The van der Waals surface area contributed by atoms with Crippen molar-refractivity contribution in [3.05, 3.63) is 12.7 Å². The first kappa shape index (κ1) is 16.1. The molecule has 0 aromatic rings. The van der Waals surface area contributed by atoms with Gasteiger partial charge in [-0.05, 0) is 80.5 Å². The van der Waals surface area contributed by atoms with Crippen molar-refractivity contribution in [3.63, 3.8) is 0 Å². The van der Waals surface area contributed by atoms with Crippen LogP contribution in [0.2, 0.25) is 0 Å². The molecule has 3 rings (SSSR count). The highest BCUT2D eigenvalue weighted by Crippen LogP contribution is 2.65. The highest BCUT2D eigenvalue weighted by atomic mass is 16.4. The molecular formula is C20H32O2. The van der Waals surface area contributed by atoms with E-state index in [0.29, 0.717) is 11.3 Å². The fourth-order valence-corrected chi connectivity index (χ4v) is 6.56. The van der Waals surface area contributed by atoms with Crippen LogP contribution in [0.4, 0.5) is 0 Å². The Hall–Kier alpha value is -0.790. The molecule has 22 heavy (non-hydrogen) atoms. The standard InChI is InChI=1S/C20H32O2/c1-5-18(2)12-9-15-14(13-18)7-8-16-19(15,3)10-6-11-20(16,4)17(21)22/h5,14-16H,1,6-13H2,2-4H3,(H,21,22)/t14?,15?,16?,18-,19-,20+/m0/s1. The van der Waals surface area contributed by atoms with Gasteiger partial charge in [0, 0.05) is 0 Å². The number of hydrogen-bond acceptors (Lipinski definition) is 1. The summed E-state index contributed by atoms with van der Waals surface area (Å²) in [6.45, 7) is 10.9. The first-order chi connectivity index (χ1) is 10.3. The number of hydrogen-bond donors (Lipinski definition) is 1. The normalized spacial score (nSPS) is 51.5. The Morgan fingerprint density at radius 1 is 1.14 bits per heavy atom. The molecule has 0 aromatic carbocycles. The van der Waals surface area contributed by atoms with Gasteiger partial charge in [-0.15, -0.1) is 6.58 Å². The van der Waals surface area contributed by atoms with Gasteiger partial charge in [-0.2, -0.15) is 0 Å². The van der Waals surface area contributed by atoms with Gasteiger partial charge in [0.25, 0.3) is 0 Å². The zero-order chi connectivity index (χ0) is 16.2. The molecule has 0 heterocycles. The molecule has 124 valence electrons. The van der Waals surface area contributed by atoms with E-state index in [1.54, 1.807) is 0 Å². The fraction of sp³-hybridized carbons (Fsp3) is 0.850. The number of aliphatic carboxylic acids is 1. The molecule has 2 nitrogen and oxygen atoms in total. The van der Waals surface area contributed by atoms with Crippen LogP contribution in [0.5, 0.6) is 0 Å². The molecule has 0 saturated heterocycles. The van der Waals surface area contributed by atoms with E-state index in [-0.39, 0.29) is 5.41 Å². The van der Waals surface area contributed by atoms with E-state index in [0.717, 1.165) is 31.1 Å². The molecule has 1 N–H and O–H groups in total. The van der Waals surface area contributed by atoms with E-state index in [4.69, 9.17) is 0 Å². The summed E-state index contributed by atoms with van der Waals surface area (Å²) in [6.07, 6.45) is 11.4. The van der Waals surface area contributed by atoms with Gasteiger partial charge >= 0.3 is 5.97 Å². The van der Waals surface area contributed by atoms with Crippen molar-refractivity contribution in [3.8, 4) is 0 Å². The molecule has 3 fully saturated rings. The lowest BCUT2D eigenvalue weighted by Gasteiger charge is -2.61. The quantitative estimate of drug-likeness (QED) is 0.704. The molecule has 3 aliphatic carbocycles. The molecule has 6 atom stereocenters. The third-order valence-corrected chi connectivity index (χ3v) is 7.96. The number of fused-ring (bicyclic) bond motifs is 3. The lowest BCUT2D eigenvalue weighted by molar-refractivity contribution is -0.173. The summed E-state index contributed by atoms with van der Waals surface area (Å²) in [5, 5.41) is 9.85. The number of rotatable bonds is 2. The SMILES string of the molecule is C=C[C@@]1(C)CCC2C(CCC3[C@@]2(C)CCC[C@@]3(C)C(=O)O)C1. The Balaban J connectivity index is 1.90. The second-order valence-electron chi connectivity index (χ2n) is 9.18. The van der Waals surface area contributed by atoms with Gasteiger partial charge in [-0.1, -0.05) is 26.3 Å². The average molecular weight is 304 g/mol. The van der Waals surface area contributed by atoms with Gasteiger partial charge < -0.3 is 5.11 Å². The molecular weight excluding hydrogens is 272 g/mol. The maximum absolute atomic E-state index is 12.0. The smallest absolute Gasteiger partial charge is 0.309 e. The highest BCUT2D eigenvalue weighted by molar-refractivity contribution is 5.75. The fourth-order valence-electron chi connectivity index (χ4n) is 6.56. The number of carboxylic acid groups (broad SMARTS) is 1. The van der Waals surface area contributed by atoms with Crippen molar-refractivity contribution < 1.29 is 9.90 Å². The van der Waals surface area contributed by atoms with Gasteiger partial charge in [0.2, 0.25) is 0 Å². The van der Waals surface area contributed by atoms with Crippen molar-refractivity contribution >= 4 is 5.97 Å². The van der Waals surface area contributed by atoms with Crippen LogP contribution in [0.1, 0.15) is 72.1 Å². The number of allylic oxidation sites excluding steroid dienone is 1. The highest BCUT2D eigenvalue weighted by Gasteiger charge is 2.59. The molecule has 0 radical (unpaired) electrons. The van der Waals surface area contributed by atoms with Crippen molar-refractivity contribution in [2.45, 2.75) is 72.1 Å². The number of carboxylic acids is 1. The van der Waals surface area contributed by atoms with Crippen LogP contribution in [0.15, 0.2) is 12.7 Å². The van der Waals surface area contributed by atoms with E-state index in [1.165, 1.54) is 32.1 Å². The Bertz CT molecular complexity index is 484. The van der Waals surface area contributed by atoms with Gasteiger partial charge in [0.1, 0.15) is 0 Å². The molecule has 0 amide bonds. The van der Waals surface area contributed by atoms with Crippen molar-refractivity contribution in [1.29, 1.82) is 0 Å². The monoisotopic (exact) mass is 304 g/mol. The van der Waals surface area contributed by atoms with Crippen molar-refractivity contribution in [1.82, 2.24) is 0 Å². The van der Waals surface area contributed by atoms with Gasteiger partial charge in [-0.3, -0.25) is 4.79 Å². The lowest BCUT2D eigenvalue weighted by Crippen LogP contribution is -2.56. The summed E-state index contributed by atoms with van der Waals surface area (Å²) >= 11 is 0. The topological polar surface area (TPSA) is 37.3 Å². The van der Waals surface area contributed by atoms with Crippen LogP contribution >= 0.6 is 0 Å². The Morgan fingerprint density at radius 3 is 2.50 bits per heavy atom. The molecule has 3 saturated carbocycles. The van der Waals surface area contributed by atoms with Crippen LogP contribution in [-0.2, 0) is 4.79 Å². The van der Waals surface area contributed by atoms with Gasteiger partial charge in [0.15, 0.2) is 0 Å². The van der Waals surface area contributed by atoms with Crippen LogP contribution in [0.25, 0.3) is 0 Å². The summed E-state index contributed by atoms with van der Waals surface area (Å²) in [7, 11) is 0. The van der Waals surface area contributed by atoms with Crippen LogP contribution in [0, 0.1) is 34.0 Å². The molecule has 0 aliphatic heterocycles.